The van der Waals surface area contributed by atoms with Crippen LogP contribution >= 0.6 is 0 Å². The van der Waals surface area contributed by atoms with Crippen LogP contribution in [0.3, 0.4) is 0 Å². The normalized spacial score (nSPS) is 11.1. The molecule has 0 aliphatic carbocycles. The zero-order chi connectivity index (χ0) is 21.5. The van der Waals surface area contributed by atoms with Crippen molar-refractivity contribution >= 4 is 12.4 Å². The molecule has 0 aliphatic rings. The maximum Gasteiger partial charge on any atom is 0.170 e. The zero-order valence-electron chi connectivity index (χ0n) is 17.3. The maximum absolute atomic E-state index is 13.6. The molecule has 4 nitrogen and oxygen atoms in total. The Morgan fingerprint density at radius 2 is 1.90 bits per heavy atom. The van der Waals surface area contributed by atoms with Crippen LogP contribution in [-0.2, 0) is 11.4 Å². The van der Waals surface area contributed by atoms with E-state index in [1.165, 1.54) is 18.2 Å². The van der Waals surface area contributed by atoms with Crippen molar-refractivity contribution in [3.05, 3.63) is 83.4 Å². The van der Waals surface area contributed by atoms with Gasteiger partial charge in [0.25, 0.3) is 0 Å². The molecule has 0 saturated heterocycles. The third-order valence-electron chi connectivity index (χ3n) is 4.72. The van der Waals surface area contributed by atoms with Gasteiger partial charge in [0.15, 0.2) is 11.5 Å². The minimum atomic E-state index is -0.327. The number of rotatable bonds is 8. The molecular formula is C25H24FNO3. The second kappa shape index (κ2) is 9.83. The van der Waals surface area contributed by atoms with Crippen molar-refractivity contribution in [1.82, 2.24) is 4.98 Å². The molecule has 0 spiro atoms. The SMILES string of the molecule is COc1cc(C(C)C)c(/C=C/C=O)c(-c2ccc(F)cc2)c1OCc1ccccn1. The van der Waals surface area contributed by atoms with Gasteiger partial charge in [0, 0.05) is 11.8 Å². The fourth-order valence-electron chi connectivity index (χ4n) is 3.29. The molecule has 0 aliphatic heterocycles. The second-order valence-corrected chi connectivity index (χ2v) is 7.05. The molecule has 3 rings (SSSR count). The van der Waals surface area contributed by atoms with E-state index in [9.17, 15) is 9.18 Å². The van der Waals surface area contributed by atoms with Gasteiger partial charge in [0.1, 0.15) is 18.7 Å². The highest BCUT2D eigenvalue weighted by atomic mass is 19.1. The molecule has 0 saturated carbocycles. The Bertz CT molecular complexity index is 1030. The first-order valence-corrected chi connectivity index (χ1v) is 9.70. The van der Waals surface area contributed by atoms with E-state index in [4.69, 9.17) is 9.47 Å². The molecule has 1 heterocycles. The van der Waals surface area contributed by atoms with Gasteiger partial charge >= 0.3 is 0 Å². The molecule has 0 fully saturated rings. The third-order valence-corrected chi connectivity index (χ3v) is 4.72. The number of ether oxygens (including phenoxy) is 2. The number of aldehydes is 1. The first-order valence-electron chi connectivity index (χ1n) is 9.70. The van der Waals surface area contributed by atoms with Crippen LogP contribution < -0.4 is 9.47 Å². The van der Waals surface area contributed by atoms with Crippen LogP contribution in [0.1, 0.15) is 36.6 Å². The van der Waals surface area contributed by atoms with Gasteiger partial charge in [-0.15, -0.1) is 0 Å². The summed E-state index contributed by atoms with van der Waals surface area (Å²) in [4.78, 5) is 15.4. The fraction of sp³-hybridized carbons (Fsp3) is 0.200. The summed E-state index contributed by atoms with van der Waals surface area (Å²) in [5.41, 5.74) is 4.10. The minimum absolute atomic E-state index is 0.161. The van der Waals surface area contributed by atoms with Crippen LogP contribution in [0.4, 0.5) is 4.39 Å². The molecule has 0 atom stereocenters. The summed E-state index contributed by atoms with van der Waals surface area (Å²) >= 11 is 0. The van der Waals surface area contributed by atoms with Crippen LogP contribution in [0.5, 0.6) is 11.5 Å². The summed E-state index contributed by atoms with van der Waals surface area (Å²) in [6.07, 6.45) is 5.64. The van der Waals surface area contributed by atoms with Crippen LogP contribution in [0.25, 0.3) is 17.2 Å². The molecule has 0 bridgehead atoms. The number of methoxy groups -OCH3 is 1. The zero-order valence-corrected chi connectivity index (χ0v) is 17.3. The van der Waals surface area contributed by atoms with Gasteiger partial charge in [-0.05, 0) is 59.0 Å². The molecule has 1 aromatic heterocycles. The summed E-state index contributed by atoms with van der Waals surface area (Å²) < 4.78 is 25.4. The van der Waals surface area contributed by atoms with Gasteiger partial charge in [0.05, 0.1) is 12.8 Å². The topological polar surface area (TPSA) is 48.4 Å². The Morgan fingerprint density at radius 3 is 2.50 bits per heavy atom. The number of benzene rings is 2. The van der Waals surface area contributed by atoms with E-state index in [2.05, 4.69) is 18.8 Å². The van der Waals surface area contributed by atoms with Crippen molar-refractivity contribution < 1.29 is 18.7 Å². The number of nitrogens with zero attached hydrogens (tertiary/aromatic N) is 1. The Morgan fingerprint density at radius 1 is 1.13 bits per heavy atom. The van der Waals surface area contributed by atoms with Gasteiger partial charge in [-0.2, -0.15) is 0 Å². The molecular weight excluding hydrogens is 381 g/mol. The number of halogens is 1. The summed E-state index contributed by atoms with van der Waals surface area (Å²) in [7, 11) is 1.59. The smallest absolute Gasteiger partial charge is 0.170 e. The monoisotopic (exact) mass is 405 g/mol. The maximum atomic E-state index is 13.6. The standard InChI is InChI=1S/C25H24FNO3/c1-17(2)22-15-23(29-3)25(30-16-20-7-4-5-13-27-20)24(21(22)8-6-14-28)18-9-11-19(26)12-10-18/h4-15,17H,16H2,1-3H3/b8-6+. The van der Waals surface area contributed by atoms with Gasteiger partial charge < -0.3 is 9.47 Å². The highest BCUT2D eigenvalue weighted by molar-refractivity contribution is 5.87. The van der Waals surface area contributed by atoms with Crippen molar-refractivity contribution in [2.75, 3.05) is 7.11 Å². The molecule has 0 amide bonds. The molecule has 154 valence electrons. The largest absolute Gasteiger partial charge is 0.493 e. The molecule has 0 radical (unpaired) electrons. The van der Waals surface area contributed by atoms with Crippen LogP contribution in [0, 0.1) is 5.82 Å². The molecule has 30 heavy (non-hydrogen) atoms. The number of pyridine rings is 1. The van der Waals surface area contributed by atoms with Gasteiger partial charge in [-0.25, -0.2) is 4.39 Å². The van der Waals surface area contributed by atoms with E-state index in [-0.39, 0.29) is 18.3 Å². The van der Waals surface area contributed by atoms with E-state index < -0.39 is 0 Å². The lowest BCUT2D eigenvalue weighted by Gasteiger charge is -2.22. The van der Waals surface area contributed by atoms with Gasteiger partial charge in [0.2, 0.25) is 0 Å². The highest BCUT2D eigenvalue weighted by Gasteiger charge is 2.22. The third kappa shape index (κ3) is 4.74. The number of hydrogen-bond acceptors (Lipinski definition) is 4. The average Bonchev–Trinajstić information content (AvgIpc) is 2.76. The van der Waals surface area contributed by atoms with Crippen molar-refractivity contribution in [3.63, 3.8) is 0 Å². The first kappa shape index (κ1) is 21.2. The molecule has 0 unspecified atom stereocenters. The van der Waals surface area contributed by atoms with Crippen molar-refractivity contribution in [1.29, 1.82) is 0 Å². The van der Waals surface area contributed by atoms with Gasteiger partial charge in [-0.1, -0.05) is 38.1 Å². The second-order valence-electron chi connectivity index (χ2n) is 7.05. The van der Waals surface area contributed by atoms with E-state index in [1.807, 2.05) is 24.3 Å². The van der Waals surface area contributed by atoms with E-state index in [0.29, 0.717) is 11.5 Å². The van der Waals surface area contributed by atoms with E-state index in [1.54, 1.807) is 31.5 Å². The van der Waals surface area contributed by atoms with E-state index >= 15 is 0 Å². The number of aromatic nitrogens is 1. The number of carbonyl (C=O) groups excluding carboxylic acids is 1. The van der Waals surface area contributed by atoms with Crippen molar-refractivity contribution in [2.24, 2.45) is 0 Å². The van der Waals surface area contributed by atoms with Crippen LogP contribution in [0.15, 0.2) is 60.8 Å². The van der Waals surface area contributed by atoms with Crippen LogP contribution in [-0.4, -0.2) is 18.4 Å². The summed E-state index contributed by atoms with van der Waals surface area (Å²) in [6.45, 7) is 4.37. The molecule has 5 heteroatoms. The predicted molar refractivity (Wildman–Crippen MR) is 116 cm³/mol. The lowest BCUT2D eigenvalue weighted by atomic mass is 9.88. The number of carbonyl (C=O) groups is 1. The summed E-state index contributed by atoms with van der Waals surface area (Å²) in [6, 6.07) is 13.7. The molecule has 2 aromatic carbocycles. The highest BCUT2D eigenvalue weighted by Crippen LogP contribution is 2.45. The van der Waals surface area contributed by atoms with Gasteiger partial charge in [-0.3, -0.25) is 9.78 Å². The number of hydrogen-bond donors (Lipinski definition) is 0. The lowest BCUT2D eigenvalue weighted by Crippen LogP contribution is -2.05. The minimum Gasteiger partial charge on any atom is -0.493 e. The first-order chi connectivity index (χ1) is 14.5. The average molecular weight is 405 g/mol. The summed E-state index contributed by atoms with van der Waals surface area (Å²) in [5.74, 6) is 0.919. The Kier molecular flexibility index (Phi) is 6.96. The Hall–Kier alpha value is -3.47. The van der Waals surface area contributed by atoms with Crippen LogP contribution in [0.2, 0.25) is 0 Å². The fourth-order valence-corrected chi connectivity index (χ4v) is 3.29. The quantitative estimate of drug-likeness (QED) is 0.350. The molecule has 3 aromatic rings. The Balaban J connectivity index is 2.24. The van der Waals surface area contributed by atoms with Crippen molar-refractivity contribution in [3.8, 4) is 22.6 Å². The predicted octanol–water partition coefficient (Wildman–Crippen LogP) is 5.81. The lowest BCUT2D eigenvalue weighted by molar-refractivity contribution is -0.104. The molecule has 0 N–H and O–H groups in total. The summed E-state index contributed by atoms with van der Waals surface area (Å²) in [5, 5.41) is 0. The number of allylic oxidation sites excluding steroid dienone is 1. The van der Waals surface area contributed by atoms with Crippen molar-refractivity contribution in [2.45, 2.75) is 26.4 Å². The van der Waals surface area contributed by atoms with E-state index in [0.717, 1.165) is 34.2 Å². The Labute approximate surface area is 176 Å².